The van der Waals surface area contributed by atoms with Crippen LogP contribution in [0, 0.1) is 17.0 Å². The van der Waals surface area contributed by atoms with E-state index in [2.05, 4.69) is 0 Å². The van der Waals surface area contributed by atoms with Gasteiger partial charge in [0.1, 0.15) is 5.75 Å². The molecule has 6 heteroatoms. The van der Waals surface area contributed by atoms with Crippen molar-refractivity contribution in [3.05, 3.63) is 62.7 Å². The second-order valence-electron chi connectivity index (χ2n) is 4.27. The average molecular weight is 293 g/mol. The number of aryl methyl sites for hydroxylation is 1. The summed E-state index contributed by atoms with van der Waals surface area (Å²) in [5.41, 5.74) is 7.53. The molecule has 20 heavy (non-hydrogen) atoms. The second kappa shape index (κ2) is 5.90. The van der Waals surface area contributed by atoms with E-state index < -0.39 is 4.92 Å². The predicted octanol–water partition coefficient (Wildman–Crippen LogP) is 3.81. The highest BCUT2D eigenvalue weighted by Crippen LogP contribution is 2.33. The quantitative estimate of drug-likeness (QED) is 0.686. The number of nitrogens with two attached hydrogens (primary N) is 1. The molecule has 0 atom stereocenters. The summed E-state index contributed by atoms with van der Waals surface area (Å²) >= 11 is 5.98. The van der Waals surface area contributed by atoms with E-state index in [9.17, 15) is 10.1 Å². The van der Waals surface area contributed by atoms with E-state index in [0.717, 1.165) is 11.1 Å². The number of hydrogen-bond acceptors (Lipinski definition) is 4. The Hall–Kier alpha value is -2.11. The molecule has 0 aromatic heterocycles. The van der Waals surface area contributed by atoms with Gasteiger partial charge in [0.15, 0.2) is 5.75 Å². The molecular formula is C14H13ClN2O3. The standard InChI is InChI=1S/C14H13ClN2O3/c1-9-6-12(4-2-10(9)8-16)20-14-7-11(17(18)19)3-5-13(14)15/h2-7H,8,16H2,1H3. The van der Waals surface area contributed by atoms with Crippen LogP contribution in [0.2, 0.25) is 5.02 Å². The normalized spacial score (nSPS) is 10.3. The van der Waals surface area contributed by atoms with Gasteiger partial charge < -0.3 is 10.5 Å². The smallest absolute Gasteiger partial charge is 0.273 e. The molecule has 0 heterocycles. The van der Waals surface area contributed by atoms with Crippen LogP contribution >= 0.6 is 11.6 Å². The lowest BCUT2D eigenvalue weighted by atomic mass is 10.1. The van der Waals surface area contributed by atoms with E-state index in [-0.39, 0.29) is 11.4 Å². The molecule has 104 valence electrons. The maximum atomic E-state index is 10.7. The molecule has 2 rings (SSSR count). The van der Waals surface area contributed by atoms with Gasteiger partial charge in [-0.15, -0.1) is 0 Å². The van der Waals surface area contributed by atoms with Gasteiger partial charge in [0.25, 0.3) is 5.69 Å². The van der Waals surface area contributed by atoms with Crippen molar-refractivity contribution in [3.63, 3.8) is 0 Å². The van der Waals surface area contributed by atoms with E-state index in [1.807, 2.05) is 19.1 Å². The fourth-order valence-electron chi connectivity index (χ4n) is 1.77. The van der Waals surface area contributed by atoms with Gasteiger partial charge in [-0.2, -0.15) is 0 Å². The largest absolute Gasteiger partial charge is 0.456 e. The molecule has 5 nitrogen and oxygen atoms in total. The van der Waals surface area contributed by atoms with Crippen LogP contribution in [-0.4, -0.2) is 4.92 Å². The van der Waals surface area contributed by atoms with Gasteiger partial charge in [-0.05, 0) is 36.2 Å². The number of nitrogens with zero attached hydrogens (tertiary/aromatic N) is 1. The lowest BCUT2D eigenvalue weighted by Gasteiger charge is -2.10. The molecule has 0 radical (unpaired) electrons. The van der Waals surface area contributed by atoms with Crippen LogP contribution in [0.4, 0.5) is 5.69 Å². The van der Waals surface area contributed by atoms with Gasteiger partial charge in [-0.3, -0.25) is 10.1 Å². The molecule has 0 saturated carbocycles. The Labute approximate surface area is 121 Å². The van der Waals surface area contributed by atoms with Crippen molar-refractivity contribution < 1.29 is 9.66 Å². The van der Waals surface area contributed by atoms with Crippen LogP contribution in [0.1, 0.15) is 11.1 Å². The van der Waals surface area contributed by atoms with Gasteiger partial charge >= 0.3 is 0 Å². The van der Waals surface area contributed by atoms with Gasteiger partial charge in [-0.25, -0.2) is 0 Å². The van der Waals surface area contributed by atoms with Crippen molar-refractivity contribution in [2.24, 2.45) is 5.73 Å². The van der Waals surface area contributed by atoms with Crippen molar-refractivity contribution >= 4 is 17.3 Å². The lowest BCUT2D eigenvalue weighted by molar-refractivity contribution is -0.384. The Kier molecular flexibility index (Phi) is 4.22. The summed E-state index contributed by atoms with van der Waals surface area (Å²) in [4.78, 5) is 10.3. The highest BCUT2D eigenvalue weighted by molar-refractivity contribution is 6.32. The van der Waals surface area contributed by atoms with Crippen molar-refractivity contribution in [2.75, 3.05) is 0 Å². The third-order valence-corrected chi connectivity index (χ3v) is 3.20. The molecular weight excluding hydrogens is 280 g/mol. The topological polar surface area (TPSA) is 78.4 Å². The summed E-state index contributed by atoms with van der Waals surface area (Å²) in [6.07, 6.45) is 0. The fraction of sp³-hybridized carbons (Fsp3) is 0.143. The van der Waals surface area contributed by atoms with E-state index >= 15 is 0 Å². The zero-order valence-corrected chi connectivity index (χ0v) is 11.6. The molecule has 2 aromatic rings. The summed E-state index contributed by atoms with van der Waals surface area (Å²) in [6.45, 7) is 2.37. The molecule has 0 aliphatic carbocycles. The maximum absolute atomic E-state index is 10.7. The van der Waals surface area contributed by atoms with E-state index in [0.29, 0.717) is 17.3 Å². The van der Waals surface area contributed by atoms with Gasteiger partial charge in [0.05, 0.1) is 16.0 Å². The monoisotopic (exact) mass is 292 g/mol. The number of nitro groups is 1. The summed E-state index contributed by atoms with van der Waals surface area (Å²) in [5.74, 6) is 0.808. The van der Waals surface area contributed by atoms with Crippen LogP contribution < -0.4 is 10.5 Å². The van der Waals surface area contributed by atoms with Crippen molar-refractivity contribution in [1.29, 1.82) is 0 Å². The number of non-ortho nitro benzene ring substituents is 1. The van der Waals surface area contributed by atoms with Gasteiger partial charge in [0, 0.05) is 12.6 Å². The first-order valence-corrected chi connectivity index (χ1v) is 6.30. The first kappa shape index (κ1) is 14.3. The molecule has 0 aliphatic heterocycles. The van der Waals surface area contributed by atoms with Crippen LogP contribution in [0.15, 0.2) is 36.4 Å². The number of nitro benzene ring substituents is 1. The van der Waals surface area contributed by atoms with E-state index in [4.69, 9.17) is 22.1 Å². The Morgan fingerprint density at radius 1 is 1.30 bits per heavy atom. The minimum atomic E-state index is -0.494. The molecule has 0 amide bonds. The Balaban J connectivity index is 2.32. The summed E-state index contributed by atoms with van der Waals surface area (Å²) in [5, 5.41) is 11.1. The van der Waals surface area contributed by atoms with E-state index in [1.54, 1.807) is 6.07 Å². The number of benzene rings is 2. The van der Waals surface area contributed by atoms with E-state index in [1.165, 1.54) is 18.2 Å². The number of hydrogen-bond donors (Lipinski definition) is 1. The molecule has 2 aromatic carbocycles. The Morgan fingerprint density at radius 3 is 2.65 bits per heavy atom. The molecule has 0 spiro atoms. The second-order valence-corrected chi connectivity index (χ2v) is 4.67. The van der Waals surface area contributed by atoms with Gasteiger partial charge in [0.2, 0.25) is 0 Å². The molecule has 0 aliphatic rings. The zero-order valence-electron chi connectivity index (χ0n) is 10.8. The van der Waals surface area contributed by atoms with Crippen LogP contribution in [-0.2, 0) is 6.54 Å². The lowest BCUT2D eigenvalue weighted by Crippen LogP contribution is -1.99. The molecule has 0 fully saturated rings. The molecule has 0 bridgehead atoms. The number of ether oxygens (including phenoxy) is 1. The highest BCUT2D eigenvalue weighted by Gasteiger charge is 2.12. The fourth-order valence-corrected chi connectivity index (χ4v) is 1.93. The van der Waals surface area contributed by atoms with Crippen LogP contribution in [0.25, 0.3) is 0 Å². The third-order valence-electron chi connectivity index (χ3n) is 2.89. The van der Waals surface area contributed by atoms with Crippen LogP contribution in [0.5, 0.6) is 11.5 Å². The van der Waals surface area contributed by atoms with Gasteiger partial charge in [-0.1, -0.05) is 17.7 Å². The zero-order chi connectivity index (χ0) is 14.7. The van der Waals surface area contributed by atoms with Crippen molar-refractivity contribution in [2.45, 2.75) is 13.5 Å². The Bertz CT molecular complexity index is 659. The Morgan fingerprint density at radius 2 is 2.05 bits per heavy atom. The number of rotatable bonds is 4. The third kappa shape index (κ3) is 3.07. The minimum Gasteiger partial charge on any atom is -0.456 e. The first-order chi connectivity index (χ1) is 9.51. The van der Waals surface area contributed by atoms with Crippen molar-refractivity contribution in [1.82, 2.24) is 0 Å². The molecule has 0 unspecified atom stereocenters. The molecule has 0 saturated heterocycles. The first-order valence-electron chi connectivity index (χ1n) is 5.92. The van der Waals surface area contributed by atoms with Crippen LogP contribution in [0.3, 0.4) is 0 Å². The van der Waals surface area contributed by atoms with Crippen molar-refractivity contribution in [3.8, 4) is 11.5 Å². The molecule has 2 N–H and O–H groups in total. The SMILES string of the molecule is Cc1cc(Oc2cc([N+](=O)[O-])ccc2Cl)ccc1CN. The summed E-state index contributed by atoms with van der Waals surface area (Å²) < 4.78 is 5.60. The minimum absolute atomic E-state index is 0.0697. The summed E-state index contributed by atoms with van der Waals surface area (Å²) in [6, 6.07) is 9.50. The number of halogens is 1. The predicted molar refractivity (Wildman–Crippen MR) is 77.3 cm³/mol. The summed E-state index contributed by atoms with van der Waals surface area (Å²) in [7, 11) is 0. The average Bonchev–Trinajstić information content (AvgIpc) is 2.41. The maximum Gasteiger partial charge on any atom is 0.273 e. The highest BCUT2D eigenvalue weighted by atomic mass is 35.5.